The lowest BCUT2D eigenvalue weighted by Crippen LogP contribution is -2.23. The van der Waals surface area contributed by atoms with Crippen molar-refractivity contribution in [2.75, 3.05) is 5.75 Å². The van der Waals surface area contributed by atoms with Gasteiger partial charge < -0.3 is 0 Å². The van der Waals surface area contributed by atoms with Gasteiger partial charge in [0, 0.05) is 5.70 Å². The van der Waals surface area contributed by atoms with Crippen molar-refractivity contribution in [3.05, 3.63) is 11.8 Å². The summed E-state index contributed by atoms with van der Waals surface area (Å²) in [5.41, 5.74) is 0.867. The lowest BCUT2D eigenvalue weighted by Gasteiger charge is -2.04. The Morgan fingerprint density at radius 1 is 1.64 bits per heavy atom. The van der Waals surface area contributed by atoms with Gasteiger partial charge in [-0.3, -0.25) is 4.72 Å². The van der Waals surface area contributed by atoms with E-state index in [4.69, 9.17) is 0 Å². The molecule has 0 aromatic heterocycles. The van der Waals surface area contributed by atoms with Crippen LogP contribution in [0.4, 0.5) is 0 Å². The molecular weight excluding hydrogens is 162 g/mol. The highest BCUT2D eigenvalue weighted by molar-refractivity contribution is 7.89. The highest BCUT2D eigenvalue weighted by Crippen LogP contribution is 2.15. The van der Waals surface area contributed by atoms with E-state index in [2.05, 4.69) is 4.72 Å². The first-order chi connectivity index (χ1) is 5.14. The summed E-state index contributed by atoms with van der Waals surface area (Å²) >= 11 is 0. The van der Waals surface area contributed by atoms with Crippen molar-refractivity contribution in [2.45, 2.75) is 26.2 Å². The maximum Gasteiger partial charge on any atom is 0.232 e. The zero-order chi connectivity index (χ0) is 8.32. The van der Waals surface area contributed by atoms with Gasteiger partial charge in [-0.15, -0.1) is 0 Å². The summed E-state index contributed by atoms with van der Waals surface area (Å²) in [6.07, 6.45) is 4.90. The summed E-state index contributed by atoms with van der Waals surface area (Å²) in [5, 5.41) is 0. The maximum atomic E-state index is 11.0. The van der Waals surface area contributed by atoms with E-state index in [1.807, 2.05) is 6.08 Å². The van der Waals surface area contributed by atoms with Gasteiger partial charge in [-0.25, -0.2) is 8.42 Å². The molecular formula is C7H13NO2S. The number of hydrogen-bond donors (Lipinski definition) is 1. The van der Waals surface area contributed by atoms with Crippen molar-refractivity contribution < 1.29 is 8.42 Å². The molecule has 0 aromatic rings. The van der Waals surface area contributed by atoms with Crippen LogP contribution in [-0.2, 0) is 10.0 Å². The molecule has 0 amide bonds. The van der Waals surface area contributed by atoms with Gasteiger partial charge in [0.25, 0.3) is 0 Å². The van der Waals surface area contributed by atoms with Gasteiger partial charge in [-0.2, -0.15) is 0 Å². The minimum Gasteiger partial charge on any atom is -0.288 e. The predicted octanol–water partition coefficient (Wildman–Crippen LogP) is 0.994. The van der Waals surface area contributed by atoms with Crippen molar-refractivity contribution in [1.82, 2.24) is 4.72 Å². The Labute approximate surface area is 67.5 Å². The lowest BCUT2D eigenvalue weighted by molar-refractivity contribution is 0.589. The molecule has 1 aliphatic rings. The third kappa shape index (κ3) is 2.54. The summed E-state index contributed by atoms with van der Waals surface area (Å²) < 4.78 is 24.5. The van der Waals surface area contributed by atoms with Gasteiger partial charge in [0.05, 0.1) is 5.75 Å². The molecule has 0 spiro atoms. The number of allylic oxidation sites excluding steroid dienone is 2. The predicted molar refractivity (Wildman–Crippen MR) is 44.5 cm³/mol. The summed E-state index contributed by atoms with van der Waals surface area (Å²) in [6.45, 7) is 1.64. The lowest BCUT2D eigenvalue weighted by atomic mass is 10.3. The molecule has 0 aliphatic heterocycles. The monoisotopic (exact) mass is 175 g/mol. The van der Waals surface area contributed by atoms with Crippen LogP contribution in [0.25, 0.3) is 0 Å². The molecule has 0 unspecified atom stereocenters. The fraction of sp³-hybridized carbons (Fsp3) is 0.714. The topological polar surface area (TPSA) is 46.2 Å². The second kappa shape index (κ2) is 3.26. The summed E-state index contributed by atoms with van der Waals surface area (Å²) in [6, 6.07) is 0. The standard InChI is InChI=1S/C7H13NO2S/c1-2-11(9,10)8-7-5-3-4-6-7/h5,8H,2-4,6H2,1H3. The minimum absolute atomic E-state index is 0.157. The van der Waals surface area contributed by atoms with Crippen LogP contribution >= 0.6 is 0 Å². The molecule has 1 N–H and O–H groups in total. The van der Waals surface area contributed by atoms with Crippen LogP contribution in [0.15, 0.2) is 11.8 Å². The summed E-state index contributed by atoms with van der Waals surface area (Å²) in [7, 11) is -3.02. The van der Waals surface area contributed by atoms with E-state index in [-0.39, 0.29) is 5.75 Å². The molecule has 0 fully saturated rings. The van der Waals surface area contributed by atoms with Crippen molar-refractivity contribution in [3.8, 4) is 0 Å². The molecule has 1 aliphatic carbocycles. The average Bonchev–Trinajstić information content (AvgIpc) is 2.39. The molecule has 0 aromatic carbocycles. The van der Waals surface area contributed by atoms with Crippen LogP contribution in [0, 0.1) is 0 Å². The fourth-order valence-corrected chi connectivity index (χ4v) is 1.76. The highest BCUT2D eigenvalue weighted by atomic mass is 32.2. The number of rotatable bonds is 3. The van der Waals surface area contributed by atoms with E-state index in [0.717, 1.165) is 25.0 Å². The van der Waals surface area contributed by atoms with E-state index in [0.29, 0.717) is 0 Å². The first-order valence-electron chi connectivity index (χ1n) is 3.83. The zero-order valence-corrected chi connectivity index (χ0v) is 7.45. The minimum atomic E-state index is -3.02. The SMILES string of the molecule is CCS(=O)(=O)NC1=CCCC1. The van der Waals surface area contributed by atoms with Crippen molar-refractivity contribution in [2.24, 2.45) is 0 Å². The molecule has 0 atom stereocenters. The first kappa shape index (κ1) is 8.59. The van der Waals surface area contributed by atoms with Crippen LogP contribution < -0.4 is 4.72 Å². The largest absolute Gasteiger partial charge is 0.288 e. The Kier molecular flexibility index (Phi) is 2.54. The van der Waals surface area contributed by atoms with E-state index in [9.17, 15) is 8.42 Å². The molecule has 64 valence electrons. The van der Waals surface area contributed by atoms with Crippen LogP contribution in [0.1, 0.15) is 26.2 Å². The number of sulfonamides is 1. The van der Waals surface area contributed by atoms with Gasteiger partial charge in [0.15, 0.2) is 0 Å². The molecule has 0 heterocycles. The van der Waals surface area contributed by atoms with Gasteiger partial charge in [-0.1, -0.05) is 6.08 Å². The van der Waals surface area contributed by atoms with E-state index in [1.165, 1.54) is 0 Å². The van der Waals surface area contributed by atoms with Crippen LogP contribution in [0.2, 0.25) is 0 Å². The Bertz CT molecular complexity index is 254. The van der Waals surface area contributed by atoms with Crippen molar-refractivity contribution >= 4 is 10.0 Å². The number of hydrogen-bond acceptors (Lipinski definition) is 2. The van der Waals surface area contributed by atoms with Gasteiger partial charge in [0.1, 0.15) is 0 Å². The third-order valence-electron chi connectivity index (χ3n) is 1.71. The summed E-state index contributed by atoms with van der Waals surface area (Å²) in [5.74, 6) is 0.157. The van der Waals surface area contributed by atoms with E-state index < -0.39 is 10.0 Å². The average molecular weight is 175 g/mol. The fourth-order valence-electron chi connectivity index (χ4n) is 1.04. The smallest absolute Gasteiger partial charge is 0.232 e. The van der Waals surface area contributed by atoms with Crippen LogP contribution in [-0.4, -0.2) is 14.2 Å². The second-order valence-corrected chi connectivity index (χ2v) is 4.64. The Morgan fingerprint density at radius 3 is 2.82 bits per heavy atom. The molecule has 0 bridgehead atoms. The highest BCUT2D eigenvalue weighted by Gasteiger charge is 2.10. The van der Waals surface area contributed by atoms with Gasteiger partial charge in [-0.05, 0) is 26.2 Å². The van der Waals surface area contributed by atoms with Crippen LogP contribution in [0.5, 0.6) is 0 Å². The van der Waals surface area contributed by atoms with E-state index >= 15 is 0 Å². The molecule has 4 heteroatoms. The molecule has 3 nitrogen and oxygen atoms in total. The zero-order valence-electron chi connectivity index (χ0n) is 6.63. The third-order valence-corrected chi connectivity index (χ3v) is 3.04. The Balaban J connectivity index is 2.54. The van der Waals surface area contributed by atoms with Gasteiger partial charge in [0.2, 0.25) is 10.0 Å². The van der Waals surface area contributed by atoms with Gasteiger partial charge >= 0.3 is 0 Å². The normalized spacial score (nSPS) is 18.1. The van der Waals surface area contributed by atoms with E-state index in [1.54, 1.807) is 6.92 Å². The second-order valence-electron chi connectivity index (χ2n) is 2.63. The quantitative estimate of drug-likeness (QED) is 0.695. The molecule has 1 rings (SSSR count). The van der Waals surface area contributed by atoms with Crippen LogP contribution in [0.3, 0.4) is 0 Å². The maximum absolute atomic E-state index is 11.0. The first-order valence-corrected chi connectivity index (χ1v) is 5.49. The summed E-state index contributed by atoms with van der Waals surface area (Å²) in [4.78, 5) is 0. The van der Waals surface area contributed by atoms with Crippen molar-refractivity contribution in [1.29, 1.82) is 0 Å². The number of nitrogens with one attached hydrogen (secondary N) is 1. The molecule has 0 saturated heterocycles. The van der Waals surface area contributed by atoms with Crippen molar-refractivity contribution in [3.63, 3.8) is 0 Å². The molecule has 0 radical (unpaired) electrons. The Hall–Kier alpha value is -0.510. The Morgan fingerprint density at radius 2 is 2.36 bits per heavy atom. The molecule has 0 saturated carbocycles. The molecule has 11 heavy (non-hydrogen) atoms.